The minimum atomic E-state index is 0.152. The molecule has 3 aliphatic heterocycles. The maximum atomic E-state index is 12.2. The topological polar surface area (TPSA) is 52.6 Å². The first-order valence-electron chi connectivity index (χ1n) is 11.8. The largest absolute Gasteiger partial charge is 0.372 e. The van der Waals surface area contributed by atoms with Crippen LogP contribution in [-0.4, -0.2) is 54.0 Å². The number of fused-ring (bicyclic) bond motifs is 1. The van der Waals surface area contributed by atoms with Crippen molar-refractivity contribution in [2.45, 2.75) is 57.9 Å². The Bertz CT molecular complexity index is 951. The van der Waals surface area contributed by atoms with Gasteiger partial charge in [-0.2, -0.15) is 0 Å². The number of amides is 1. The Morgan fingerprint density at radius 3 is 2.55 bits per heavy atom. The first-order valence-corrected chi connectivity index (χ1v) is 11.8. The van der Waals surface area contributed by atoms with E-state index >= 15 is 0 Å². The van der Waals surface area contributed by atoms with E-state index in [9.17, 15) is 4.79 Å². The molecule has 1 amide bonds. The number of benzene rings is 1. The Morgan fingerprint density at radius 2 is 1.77 bits per heavy atom. The molecule has 6 heteroatoms. The molecule has 2 aromatic rings. The van der Waals surface area contributed by atoms with Crippen LogP contribution in [0.2, 0.25) is 0 Å². The number of piperidine rings is 1. The highest BCUT2D eigenvalue weighted by Gasteiger charge is 2.29. The highest BCUT2D eigenvalue weighted by atomic mass is 16.2. The minimum absolute atomic E-state index is 0.152. The third-order valence-corrected chi connectivity index (χ3v) is 7.17. The van der Waals surface area contributed by atoms with Crippen molar-refractivity contribution < 1.29 is 4.79 Å². The molecular formula is C25H33N5O. The van der Waals surface area contributed by atoms with Crippen molar-refractivity contribution in [1.82, 2.24) is 14.9 Å². The van der Waals surface area contributed by atoms with Crippen molar-refractivity contribution in [1.29, 1.82) is 0 Å². The minimum Gasteiger partial charge on any atom is -0.372 e. The molecule has 1 aromatic heterocycles. The fraction of sp³-hybridized carbons (Fsp3) is 0.560. The van der Waals surface area contributed by atoms with Crippen LogP contribution in [0.15, 0.2) is 24.3 Å². The van der Waals surface area contributed by atoms with E-state index in [1.807, 2.05) is 7.05 Å². The number of carbonyl (C=O) groups excluding carboxylic acids is 1. The number of likely N-dealkylation sites (tertiary alicyclic amines) is 1. The molecule has 1 atom stereocenters. The second-order valence-corrected chi connectivity index (χ2v) is 9.36. The van der Waals surface area contributed by atoms with Crippen molar-refractivity contribution in [3.8, 4) is 0 Å². The number of aryl methyl sites for hydroxylation is 1. The second kappa shape index (κ2) is 8.58. The van der Waals surface area contributed by atoms with E-state index in [2.05, 4.69) is 41.0 Å². The van der Waals surface area contributed by atoms with Crippen molar-refractivity contribution >= 4 is 17.4 Å². The molecule has 5 rings (SSSR count). The lowest BCUT2D eigenvalue weighted by molar-refractivity contribution is -0.118. The number of hydrogen-bond acceptors (Lipinski definition) is 5. The summed E-state index contributed by atoms with van der Waals surface area (Å²) < 4.78 is 0. The van der Waals surface area contributed by atoms with Gasteiger partial charge >= 0.3 is 0 Å². The molecule has 164 valence electrons. The second-order valence-electron chi connectivity index (χ2n) is 9.36. The zero-order valence-electron chi connectivity index (χ0n) is 18.8. The quantitative estimate of drug-likeness (QED) is 0.757. The van der Waals surface area contributed by atoms with Gasteiger partial charge in [0.1, 0.15) is 11.6 Å². The van der Waals surface area contributed by atoms with E-state index in [1.54, 1.807) is 4.90 Å². The van der Waals surface area contributed by atoms with Crippen LogP contribution >= 0.6 is 0 Å². The summed E-state index contributed by atoms with van der Waals surface area (Å²) in [6.45, 7) is 7.51. The summed E-state index contributed by atoms with van der Waals surface area (Å²) in [5.41, 5.74) is 4.90. The molecule has 3 aliphatic rings. The number of carbonyl (C=O) groups is 1. The molecule has 0 spiro atoms. The van der Waals surface area contributed by atoms with Gasteiger partial charge in [0.15, 0.2) is 0 Å². The van der Waals surface area contributed by atoms with Crippen molar-refractivity contribution in [3.05, 3.63) is 46.9 Å². The molecule has 1 aromatic carbocycles. The van der Waals surface area contributed by atoms with Gasteiger partial charge < -0.3 is 4.90 Å². The normalized spacial score (nSPS) is 22.1. The molecule has 0 aliphatic carbocycles. The molecule has 2 saturated heterocycles. The van der Waals surface area contributed by atoms with Gasteiger partial charge in [0.2, 0.25) is 5.91 Å². The Labute approximate surface area is 185 Å². The van der Waals surface area contributed by atoms with Gasteiger partial charge in [-0.25, -0.2) is 9.97 Å². The molecule has 0 N–H and O–H groups in total. The SMILES string of the molecule is Cc1nc([C@H]2CCCN(Cc3ccc(N4CCCC4)cc3)C2)nc2c1CCC(=O)N2C. The standard InChI is InChI=1S/C25H33N5O/c1-18-22-11-12-23(31)28(2)25(22)27-24(26-18)20-6-5-13-29(17-20)16-19-7-9-21(10-8-19)30-14-3-4-15-30/h7-10,20H,3-6,11-17H2,1-2H3/t20-/m0/s1. The summed E-state index contributed by atoms with van der Waals surface area (Å²) in [4.78, 5) is 28.7. The smallest absolute Gasteiger partial charge is 0.228 e. The molecule has 31 heavy (non-hydrogen) atoms. The zero-order chi connectivity index (χ0) is 21.4. The molecule has 2 fully saturated rings. The van der Waals surface area contributed by atoms with Crippen LogP contribution in [0.1, 0.15) is 60.7 Å². The van der Waals surface area contributed by atoms with E-state index in [4.69, 9.17) is 9.97 Å². The van der Waals surface area contributed by atoms with Crippen LogP contribution in [0.4, 0.5) is 11.5 Å². The summed E-state index contributed by atoms with van der Waals surface area (Å²) in [6.07, 6.45) is 6.21. The molecule has 0 saturated carbocycles. The average Bonchev–Trinajstić information content (AvgIpc) is 3.32. The van der Waals surface area contributed by atoms with Crippen LogP contribution in [0.25, 0.3) is 0 Å². The van der Waals surface area contributed by atoms with Gasteiger partial charge in [-0.15, -0.1) is 0 Å². The Kier molecular flexibility index (Phi) is 5.65. The number of anilines is 2. The van der Waals surface area contributed by atoms with Crippen LogP contribution < -0.4 is 9.80 Å². The Balaban J connectivity index is 1.28. The summed E-state index contributed by atoms with van der Waals surface area (Å²) >= 11 is 0. The fourth-order valence-corrected chi connectivity index (χ4v) is 5.33. The van der Waals surface area contributed by atoms with Crippen LogP contribution in [-0.2, 0) is 17.8 Å². The molecule has 0 bridgehead atoms. The molecular weight excluding hydrogens is 386 g/mol. The highest BCUT2D eigenvalue weighted by Crippen LogP contribution is 2.32. The molecule has 0 unspecified atom stereocenters. The maximum Gasteiger partial charge on any atom is 0.228 e. The van der Waals surface area contributed by atoms with Crippen LogP contribution in [0, 0.1) is 6.92 Å². The fourth-order valence-electron chi connectivity index (χ4n) is 5.33. The lowest BCUT2D eigenvalue weighted by Crippen LogP contribution is -2.36. The van der Waals surface area contributed by atoms with Crippen molar-refractivity contribution in [2.24, 2.45) is 0 Å². The number of hydrogen-bond donors (Lipinski definition) is 0. The van der Waals surface area contributed by atoms with E-state index in [-0.39, 0.29) is 5.91 Å². The summed E-state index contributed by atoms with van der Waals surface area (Å²) in [6, 6.07) is 9.14. The molecule has 0 radical (unpaired) electrons. The lowest BCUT2D eigenvalue weighted by atomic mass is 9.95. The predicted octanol–water partition coefficient (Wildman–Crippen LogP) is 3.67. The first kappa shape index (κ1) is 20.4. The Morgan fingerprint density at radius 1 is 1.00 bits per heavy atom. The first-order chi connectivity index (χ1) is 15.1. The molecule has 4 heterocycles. The third-order valence-electron chi connectivity index (χ3n) is 7.17. The zero-order valence-corrected chi connectivity index (χ0v) is 18.8. The number of rotatable bonds is 4. The van der Waals surface area contributed by atoms with Gasteiger partial charge in [-0.3, -0.25) is 14.6 Å². The van der Waals surface area contributed by atoms with E-state index < -0.39 is 0 Å². The maximum absolute atomic E-state index is 12.2. The number of aromatic nitrogens is 2. The van der Waals surface area contributed by atoms with Gasteiger partial charge in [0, 0.05) is 62.5 Å². The van der Waals surface area contributed by atoms with Crippen LogP contribution in [0.3, 0.4) is 0 Å². The van der Waals surface area contributed by atoms with Gasteiger partial charge in [-0.1, -0.05) is 12.1 Å². The van der Waals surface area contributed by atoms with Gasteiger partial charge in [-0.05, 0) is 63.3 Å². The predicted molar refractivity (Wildman–Crippen MR) is 124 cm³/mol. The summed E-state index contributed by atoms with van der Waals surface area (Å²) in [7, 11) is 1.84. The number of nitrogens with zero attached hydrogens (tertiary/aromatic N) is 5. The summed E-state index contributed by atoms with van der Waals surface area (Å²) in [5.74, 6) is 2.21. The summed E-state index contributed by atoms with van der Waals surface area (Å²) in [5, 5.41) is 0. The highest BCUT2D eigenvalue weighted by molar-refractivity contribution is 5.94. The van der Waals surface area contributed by atoms with Gasteiger partial charge in [0.25, 0.3) is 0 Å². The third kappa shape index (κ3) is 4.18. The van der Waals surface area contributed by atoms with E-state index in [0.29, 0.717) is 12.3 Å². The lowest BCUT2D eigenvalue weighted by Gasteiger charge is -2.33. The van der Waals surface area contributed by atoms with Crippen LogP contribution in [0.5, 0.6) is 0 Å². The van der Waals surface area contributed by atoms with E-state index in [0.717, 1.165) is 61.8 Å². The molecule has 6 nitrogen and oxygen atoms in total. The average molecular weight is 420 g/mol. The Hall–Kier alpha value is -2.47. The van der Waals surface area contributed by atoms with E-state index in [1.165, 1.54) is 37.2 Å². The van der Waals surface area contributed by atoms with Crippen molar-refractivity contribution in [2.75, 3.05) is 43.0 Å². The van der Waals surface area contributed by atoms with Crippen molar-refractivity contribution in [3.63, 3.8) is 0 Å². The monoisotopic (exact) mass is 419 g/mol. The van der Waals surface area contributed by atoms with Gasteiger partial charge in [0.05, 0.1) is 0 Å².